The summed E-state index contributed by atoms with van der Waals surface area (Å²) in [6.45, 7) is 6.12. The van der Waals surface area contributed by atoms with E-state index in [2.05, 4.69) is 38.1 Å². The Morgan fingerprint density at radius 2 is 2.07 bits per heavy atom. The maximum atomic E-state index is 14.1. The second-order valence-corrected chi connectivity index (χ2v) is 11.5. The van der Waals surface area contributed by atoms with Crippen LogP contribution in [0.25, 0.3) is 15.9 Å². The van der Waals surface area contributed by atoms with Crippen molar-refractivity contribution >= 4 is 45.1 Å². The normalized spacial score (nSPS) is 14.0. The standard InChI is InChI=1S/C31H29ClFN5O2S/c1-2-37-20-34-15-25(37)16-38-29-14-27(18-39)41-31(29)35-30(38)17-36-10-8-21(9-11-36)22-4-3-5-26(12-22)40-19-23-6-7-24(32)13-28(23)33/h3-8,12-15,18,20H,2,9-11,16-17,19H2,1H3. The molecule has 210 valence electrons. The van der Waals surface area contributed by atoms with Crippen LogP contribution in [0.5, 0.6) is 5.75 Å². The molecule has 0 saturated heterocycles. The summed E-state index contributed by atoms with van der Waals surface area (Å²) >= 11 is 7.29. The maximum Gasteiger partial charge on any atom is 0.160 e. The molecule has 1 aliphatic rings. The quantitative estimate of drug-likeness (QED) is 0.167. The van der Waals surface area contributed by atoms with Crippen molar-refractivity contribution in [2.75, 3.05) is 13.1 Å². The highest BCUT2D eigenvalue weighted by Crippen LogP contribution is 2.30. The van der Waals surface area contributed by atoms with E-state index in [0.29, 0.717) is 34.3 Å². The lowest BCUT2D eigenvalue weighted by atomic mass is 9.99. The first-order valence-electron chi connectivity index (χ1n) is 13.5. The number of fused-ring (bicyclic) bond motifs is 1. The molecule has 0 atom stereocenters. The Morgan fingerprint density at radius 3 is 2.85 bits per heavy atom. The molecule has 2 aromatic carbocycles. The van der Waals surface area contributed by atoms with Gasteiger partial charge in [-0.1, -0.05) is 35.9 Å². The first-order valence-corrected chi connectivity index (χ1v) is 14.7. The van der Waals surface area contributed by atoms with Gasteiger partial charge in [0.1, 0.15) is 28.8 Å². The van der Waals surface area contributed by atoms with E-state index in [-0.39, 0.29) is 12.4 Å². The van der Waals surface area contributed by atoms with Crippen LogP contribution in [-0.2, 0) is 26.2 Å². The Balaban J connectivity index is 1.15. The second kappa shape index (κ2) is 12.0. The number of aryl methyl sites for hydroxylation is 1. The fourth-order valence-corrected chi connectivity index (χ4v) is 6.19. The number of imidazole rings is 2. The zero-order valence-corrected chi connectivity index (χ0v) is 24.2. The van der Waals surface area contributed by atoms with Gasteiger partial charge in [0, 0.05) is 36.4 Å². The van der Waals surface area contributed by atoms with E-state index in [1.807, 2.05) is 36.8 Å². The number of aldehydes is 1. The minimum absolute atomic E-state index is 0.136. The van der Waals surface area contributed by atoms with Gasteiger partial charge in [-0.15, -0.1) is 11.3 Å². The SMILES string of the molecule is CCn1cncc1Cn1c(CN2CC=C(c3cccc(OCc4ccc(Cl)cc4F)c3)CC2)nc2sc(C=O)cc21. The number of carbonyl (C=O) groups is 1. The number of aromatic nitrogens is 4. The molecule has 0 fully saturated rings. The number of ether oxygens (including phenoxy) is 1. The molecule has 1 aliphatic heterocycles. The Labute approximate surface area is 246 Å². The number of thiophene rings is 1. The third-order valence-corrected chi connectivity index (χ3v) is 8.57. The highest BCUT2D eigenvalue weighted by Gasteiger charge is 2.20. The highest BCUT2D eigenvalue weighted by atomic mass is 35.5. The van der Waals surface area contributed by atoms with Crippen molar-refractivity contribution in [2.24, 2.45) is 0 Å². The van der Waals surface area contributed by atoms with Crippen LogP contribution in [0.3, 0.4) is 0 Å². The number of rotatable bonds is 10. The van der Waals surface area contributed by atoms with E-state index in [1.165, 1.54) is 23.0 Å². The number of nitrogens with zero attached hydrogens (tertiary/aromatic N) is 5. The van der Waals surface area contributed by atoms with Crippen LogP contribution in [-0.4, -0.2) is 43.4 Å². The molecule has 0 aliphatic carbocycles. The maximum absolute atomic E-state index is 14.1. The first-order chi connectivity index (χ1) is 20.0. The second-order valence-electron chi connectivity index (χ2n) is 10.0. The van der Waals surface area contributed by atoms with Crippen molar-refractivity contribution in [3.05, 3.63) is 105 Å². The summed E-state index contributed by atoms with van der Waals surface area (Å²) in [6, 6.07) is 14.5. The predicted molar refractivity (Wildman–Crippen MR) is 160 cm³/mol. The van der Waals surface area contributed by atoms with Crippen LogP contribution < -0.4 is 4.74 Å². The van der Waals surface area contributed by atoms with Crippen molar-refractivity contribution in [3.8, 4) is 5.75 Å². The van der Waals surface area contributed by atoms with Gasteiger partial charge in [0.05, 0.1) is 35.5 Å². The van der Waals surface area contributed by atoms with Crippen molar-refractivity contribution in [3.63, 3.8) is 0 Å². The molecule has 0 bridgehead atoms. The fraction of sp³-hybridized carbons (Fsp3) is 0.258. The Hall–Kier alpha value is -3.79. The fourth-order valence-electron chi connectivity index (χ4n) is 5.16. The smallest absolute Gasteiger partial charge is 0.160 e. The van der Waals surface area contributed by atoms with Gasteiger partial charge >= 0.3 is 0 Å². The zero-order chi connectivity index (χ0) is 28.3. The Bertz CT molecular complexity index is 1740. The molecule has 0 saturated carbocycles. The monoisotopic (exact) mass is 589 g/mol. The van der Waals surface area contributed by atoms with Crippen LogP contribution in [0.4, 0.5) is 4.39 Å². The van der Waals surface area contributed by atoms with Crippen molar-refractivity contribution in [1.82, 2.24) is 24.0 Å². The van der Waals surface area contributed by atoms with Gasteiger partial charge in [-0.25, -0.2) is 14.4 Å². The molecule has 0 N–H and O–H groups in total. The van der Waals surface area contributed by atoms with Crippen molar-refractivity contribution < 1.29 is 13.9 Å². The average Bonchev–Trinajstić information content (AvgIpc) is 3.69. The van der Waals surface area contributed by atoms with Crippen LogP contribution >= 0.6 is 22.9 Å². The summed E-state index contributed by atoms with van der Waals surface area (Å²) in [5, 5.41) is 0.367. The minimum atomic E-state index is -0.371. The van der Waals surface area contributed by atoms with E-state index < -0.39 is 0 Å². The van der Waals surface area contributed by atoms with Crippen LogP contribution in [0, 0.1) is 5.82 Å². The van der Waals surface area contributed by atoms with Crippen LogP contribution in [0.15, 0.2) is 67.1 Å². The molecular weight excluding hydrogens is 561 g/mol. The third-order valence-electron chi connectivity index (χ3n) is 7.39. The summed E-state index contributed by atoms with van der Waals surface area (Å²) in [7, 11) is 0. The molecule has 5 aromatic rings. The van der Waals surface area contributed by atoms with Gasteiger partial charge in [0.2, 0.25) is 0 Å². The lowest BCUT2D eigenvalue weighted by Gasteiger charge is -2.26. The number of benzene rings is 2. The molecule has 0 spiro atoms. The number of halogens is 2. The molecule has 10 heteroatoms. The minimum Gasteiger partial charge on any atom is -0.489 e. The largest absolute Gasteiger partial charge is 0.489 e. The number of hydrogen-bond donors (Lipinski definition) is 0. The molecule has 0 amide bonds. The van der Waals surface area contributed by atoms with E-state index in [0.717, 1.165) is 59.8 Å². The summed E-state index contributed by atoms with van der Waals surface area (Å²) < 4.78 is 24.4. The van der Waals surface area contributed by atoms with Gasteiger partial charge in [0.25, 0.3) is 0 Å². The first kappa shape index (κ1) is 27.4. The summed E-state index contributed by atoms with van der Waals surface area (Å²) in [4.78, 5) is 24.6. The van der Waals surface area contributed by atoms with Gasteiger partial charge in [-0.2, -0.15) is 0 Å². The molecule has 0 radical (unpaired) electrons. The number of carbonyl (C=O) groups excluding carboxylic acids is 1. The van der Waals surface area contributed by atoms with Crippen LogP contribution in [0.1, 0.15) is 45.7 Å². The Morgan fingerprint density at radius 1 is 1.17 bits per heavy atom. The highest BCUT2D eigenvalue weighted by molar-refractivity contribution is 7.20. The molecule has 7 nitrogen and oxygen atoms in total. The van der Waals surface area contributed by atoms with E-state index in [9.17, 15) is 9.18 Å². The molecule has 0 unspecified atom stereocenters. The van der Waals surface area contributed by atoms with Crippen LogP contribution in [0.2, 0.25) is 5.02 Å². The zero-order valence-electron chi connectivity index (χ0n) is 22.6. The van der Waals surface area contributed by atoms with E-state index in [4.69, 9.17) is 21.3 Å². The summed E-state index contributed by atoms with van der Waals surface area (Å²) in [6.07, 6.45) is 7.78. The summed E-state index contributed by atoms with van der Waals surface area (Å²) in [5.41, 5.74) is 4.92. The molecule has 4 heterocycles. The molecule has 41 heavy (non-hydrogen) atoms. The van der Waals surface area contributed by atoms with Gasteiger partial charge in [-0.3, -0.25) is 9.69 Å². The third kappa shape index (κ3) is 5.98. The van der Waals surface area contributed by atoms with E-state index >= 15 is 0 Å². The molecule has 3 aromatic heterocycles. The molecular formula is C31H29ClFN5O2S. The predicted octanol–water partition coefficient (Wildman–Crippen LogP) is 6.84. The van der Waals surface area contributed by atoms with Crippen molar-refractivity contribution in [2.45, 2.75) is 39.6 Å². The van der Waals surface area contributed by atoms with Crippen molar-refractivity contribution in [1.29, 1.82) is 0 Å². The Kier molecular flexibility index (Phi) is 8.00. The number of hydrogen-bond acceptors (Lipinski definition) is 6. The topological polar surface area (TPSA) is 65.2 Å². The lowest BCUT2D eigenvalue weighted by molar-refractivity contribution is 0.112. The van der Waals surface area contributed by atoms with Gasteiger partial charge in [0.15, 0.2) is 6.29 Å². The van der Waals surface area contributed by atoms with Gasteiger partial charge < -0.3 is 13.9 Å². The average molecular weight is 590 g/mol. The summed E-state index contributed by atoms with van der Waals surface area (Å²) in [5.74, 6) is 1.31. The lowest BCUT2D eigenvalue weighted by Crippen LogP contribution is -2.29. The van der Waals surface area contributed by atoms with E-state index in [1.54, 1.807) is 12.1 Å². The molecule has 6 rings (SSSR count). The van der Waals surface area contributed by atoms with Gasteiger partial charge in [-0.05, 0) is 54.8 Å².